The predicted molar refractivity (Wildman–Crippen MR) is 98.4 cm³/mol. The number of ether oxygens (including phenoxy) is 2. The van der Waals surface area contributed by atoms with Crippen molar-refractivity contribution in [1.29, 1.82) is 0 Å². The van der Waals surface area contributed by atoms with Gasteiger partial charge in [0.25, 0.3) is 5.69 Å². The van der Waals surface area contributed by atoms with Crippen LogP contribution in [0.5, 0.6) is 0 Å². The van der Waals surface area contributed by atoms with Crippen LogP contribution >= 0.6 is 12.6 Å². The molecular formula is C17H23N3O5S. The van der Waals surface area contributed by atoms with E-state index in [-0.39, 0.29) is 29.7 Å². The first-order valence-electron chi connectivity index (χ1n) is 8.68. The zero-order valence-electron chi connectivity index (χ0n) is 14.5. The molecule has 0 unspecified atom stereocenters. The lowest BCUT2D eigenvalue weighted by Crippen LogP contribution is -2.46. The van der Waals surface area contributed by atoms with E-state index in [1.54, 1.807) is 17.0 Å². The molecule has 1 amide bonds. The largest absolute Gasteiger partial charge is 0.445 e. The maximum Gasteiger partial charge on any atom is 0.410 e. The van der Waals surface area contributed by atoms with Gasteiger partial charge in [-0.1, -0.05) is 0 Å². The number of nitro benzene ring substituents is 1. The van der Waals surface area contributed by atoms with Gasteiger partial charge in [0.1, 0.15) is 6.61 Å². The van der Waals surface area contributed by atoms with Crippen molar-refractivity contribution in [3.63, 3.8) is 0 Å². The lowest BCUT2D eigenvalue weighted by atomic mass is 10.2. The van der Waals surface area contributed by atoms with Crippen LogP contribution in [0.4, 0.5) is 10.5 Å². The number of likely N-dealkylation sites (tertiary alicyclic amines) is 1. The summed E-state index contributed by atoms with van der Waals surface area (Å²) in [5.41, 5.74) is 0.735. The summed E-state index contributed by atoms with van der Waals surface area (Å²) in [4.78, 5) is 26.8. The van der Waals surface area contributed by atoms with Crippen LogP contribution in [0.2, 0.25) is 0 Å². The molecule has 2 fully saturated rings. The molecule has 0 bridgehead atoms. The molecule has 2 heterocycles. The van der Waals surface area contributed by atoms with Crippen LogP contribution in [0.3, 0.4) is 0 Å². The zero-order valence-corrected chi connectivity index (χ0v) is 15.3. The lowest BCUT2D eigenvalue weighted by Gasteiger charge is -2.32. The third kappa shape index (κ3) is 4.87. The molecule has 9 heteroatoms. The van der Waals surface area contributed by atoms with Gasteiger partial charge in [-0.2, -0.15) is 12.6 Å². The van der Waals surface area contributed by atoms with E-state index in [0.717, 1.165) is 44.8 Å². The molecule has 0 N–H and O–H groups in total. The van der Waals surface area contributed by atoms with E-state index < -0.39 is 4.92 Å². The molecule has 0 aromatic heterocycles. The second kappa shape index (κ2) is 8.70. The first-order valence-corrected chi connectivity index (χ1v) is 9.19. The van der Waals surface area contributed by atoms with Gasteiger partial charge in [-0.05, 0) is 24.1 Å². The average molecular weight is 381 g/mol. The van der Waals surface area contributed by atoms with E-state index in [1.807, 2.05) is 0 Å². The van der Waals surface area contributed by atoms with Crippen LogP contribution in [-0.4, -0.2) is 71.5 Å². The summed E-state index contributed by atoms with van der Waals surface area (Å²) in [6.45, 7) is 4.65. The molecule has 142 valence electrons. The highest BCUT2D eigenvalue weighted by molar-refractivity contribution is 7.81. The first kappa shape index (κ1) is 18.9. The van der Waals surface area contributed by atoms with Gasteiger partial charge < -0.3 is 14.4 Å². The number of carbonyl (C=O) groups is 1. The smallest absolute Gasteiger partial charge is 0.410 e. The van der Waals surface area contributed by atoms with Gasteiger partial charge in [0, 0.05) is 49.6 Å². The second-order valence-electron chi connectivity index (χ2n) is 6.59. The summed E-state index contributed by atoms with van der Waals surface area (Å²) in [7, 11) is 0. The summed E-state index contributed by atoms with van der Waals surface area (Å²) >= 11 is 4.54. The average Bonchev–Trinajstić information content (AvgIpc) is 3.01. The Morgan fingerprint density at radius 2 is 2.00 bits per heavy atom. The maximum atomic E-state index is 12.5. The fourth-order valence-corrected chi connectivity index (χ4v) is 3.73. The second-order valence-corrected chi connectivity index (χ2v) is 7.32. The molecule has 2 atom stereocenters. The van der Waals surface area contributed by atoms with Gasteiger partial charge in [-0.25, -0.2) is 4.79 Å². The van der Waals surface area contributed by atoms with Crippen LogP contribution in [0.15, 0.2) is 24.3 Å². The molecule has 1 aromatic rings. The number of amides is 1. The number of morpholine rings is 1. The van der Waals surface area contributed by atoms with Crippen molar-refractivity contribution < 1.29 is 19.2 Å². The quantitative estimate of drug-likeness (QED) is 0.477. The third-order valence-corrected chi connectivity index (χ3v) is 5.08. The van der Waals surface area contributed by atoms with Gasteiger partial charge >= 0.3 is 6.09 Å². The van der Waals surface area contributed by atoms with Gasteiger partial charge in [-0.15, -0.1) is 0 Å². The highest BCUT2D eigenvalue weighted by Crippen LogP contribution is 2.24. The molecule has 3 rings (SSSR count). The van der Waals surface area contributed by atoms with Crippen molar-refractivity contribution >= 4 is 24.4 Å². The highest BCUT2D eigenvalue weighted by atomic mass is 32.1. The molecule has 2 aliphatic heterocycles. The summed E-state index contributed by atoms with van der Waals surface area (Å²) < 4.78 is 10.8. The minimum absolute atomic E-state index is 0.0168. The lowest BCUT2D eigenvalue weighted by molar-refractivity contribution is -0.384. The highest BCUT2D eigenvalue weighted by Gasteiger charge is 2.35. The minimum Gasteiger partial charge on any atom is -0.445 e. The number of rotatable bonds is 5. The Bertz CT molecular complexity index is 636. The topological polar surface area (TPSA) is 85.1 Å². The van der Waals surface area contributed by atoms with Crippen molar-refractivity contribution in [1.82, 2.24) is 9.80 Å². The molecule has 1 aromatic carbocycles. The number of hydrogen-bond donors (Lipinski definition) is 1. The standard InChI is InChI=1S/C17H23N3O5S/c21-17(25-12-13-1-3-14(4-2-13)20(22)23)19-11-16(26)9-15(19)10-18-5-7-24-8-6-18/h1-4,15-16,26H,5-12H2/t15-,16-/m0/s1. The van der Waals surface area contributed by atoms with Gasteiger partial charge in [0.2, 0.25) is 0 Å². The third-order valence-electron chi connectivity index (χ3n) is 4.71. The van der Waals surface area contributed by atoms with Crippen LogP contribution in [0.25, 0.3) is 0 Å². The molecule has 2 saturated heterocycles. The van der Waals surface area contributed by atoms with Crippen LogP contribution < -0.4 is 0 Å². The first-order chi connectivity index (χ1) is 12.5. The molecule has 0 spiro atoms. The van der Waals surface area contributed by atoms with E-state index >= 15 is 0 Å². The SMILES string of the molecule is O=C(OCc1ccc([N+](=O)[O-])cc1)N1C[C@@H](S)C[C@H]1CN1CCOCC1. The Balaban J connectivity index is 1.53. The maximum absolute atomic E-state index is 12.5. The van der Waals surface area contributed by atoms with E-state index in [1.165, 1.54) is 12.1 Å². The van der Waals surface area contributed by atoms with Crippen LogP contribution in [-0.2, 0) is 16.1 Å². The molecule has 2 aliphatic rings. The Morgan fingerprint density at radius 3 is 2.65 bits per heavy atom. The van der Waals surface area contributed by atoms with Crippen LogP contribution in [0, 0.1) is 10.1 Å². The Morgan fingerprint density at radius 1 is 1.31 bits per heavy atom. The van der Waals surface area contributed by atoms with Crippen molar-refractivity contribution in [3.05, 3.63) is 39.9 Å². The van der Waals surface area contributed by atoms with Crippen molar-refractivity contribution in [2.75, 3.05) is 39.4 Å². The van der Waals surface area contributed by atoms with Crippen LogP contribution in [0.1, 0.15) is 12.0 Å². The summed E-state index contributed by atoms with van der Waals surface area (Å²) in [6.07, 6.45) is 0.478. The van der Waals surface area contributed by atoms with Gasteiger partial charge in [-0.3, -0.25) is 15.0 Å². The van der Waals surface area contributed by atoms with Gasteiger partial charge in [0.05, 0.1) is 18.1 Å². The number of thiol groups is 1. The number of nitrogens with zero attached hydrogens (tertiary/aromatic N) is 3. The van der Waals surface area contributed by atoms with Crippen molar-refractivity contribution in [3.8, 4) is 0 Å². The van der Waals surface area contributed by atoms with Gasteiger partial charge in [0.15, 0.2) is 0 Å². The molecule has 26 heavy (non-hydrogen) atoms. The Kier molecular flexibility index (Phi) is 6.33. The zero-order chi connectivity index (χ0) is 18.5. The Labute approximate surface area is 157 Å². The fraction of sp³-hybridized carbons (Fsp3) is 0.588. The number of non-ortho nitro benzene ring substituents is 1. The molecule has 8 nitrogen and oxygen atoms in total. The molecular weight excluding hydrogens is 358 g/mol. The number of benzene rings is 1. The molecule has 0 saturated carbocycles. The number of carbonyl (C=O) groups excluding carboxylic acids is 1. The van der Waals surface area contributed by atoms with E-state index in [0.29, 0.717) is 6.54 Å². The summed E-state index contributed by atoms with van der Waals surface area (Å²) in [5.74, 6) is 0. The Hall–Kier alpha value is -1.84. The molecule has 0 radical (unpaired) electrons. The molecule has 0 aliphatic carbocycles. The number of hydrogen-bond acceptors (Lipinski definition) is 7. The van der Waals surface area contributed by atoms with E-state index in [2.05, 4.69) is 17.5 Å². The summed E-state index contributed by atoms with van der Waals surface area (Å²) in [6, 6.07) is 6.10. The fourth-order valence-electron chi connectivity index (χ4n) is 3.31. The van der Waals surface area contributed by atoms with Crippen molar-refractivity contribution in [2.45, 2.75) is 24.3 Å². The summed E-state index contributed by atoms with van der Waals surface area (Å²) in [5, 5.41) is 10.8. The normalized spacial score (nSPS) is 23.8. The predicted octanol–water partition coefficient (Wildman–Crippen LogP) is 1.94. The number of nitro groups is 1. The monoisotopic (exact) mass is 381 g/mol. The minimum atomic E-state index is -0.455. The van der Waals surface area contributed by atoms with E-state index in [9.17, 15) is 14.9 Å². The van der Waals surface area contributed by atoms with E-state index in [4.69, 9.17) is 9.47 Å². The van der Waals surface area contributed by atoms with Crippen molar-refractivity contribution in [2.24, 2.45) is 0 Å².